The number of carboxylic acids is 1. The van der Waals surface area contributed by atoms with Gasteiger partial charge in [0.2, 0.25) is 5.67 Å². The lowest BCUT2D eigenvalue weighted by Crippen LogP contribution is -2.54. The molecule has 1 amide bonds. The van der Waals surface area contributed by atoms with Crippen molar-refractivity contribution < 1.29 is 41.7 Å². The maximum absolute atomic E-state index is 15.0. The predicted molar refractivity (Wildman–Crippen MR) is 171 cm³/mol. The van der Waals surface area contributed by atoms with Gasteiger partial charge in [-0.2, -0.15) is 13.2 Å². The van der Waals surface area contributed by atoms with E-state index in [4.69, 9.17) is 9.47 Å². The Morgan fingerprint density at radius 1 is 1.02 bits per heavy atom. The van der Waals surface area contributed by atoms with Gasteiger partial charge in [0.05, 0.1) is 25.1 Å². The number of halogens is 4. The van der Waals surface area contributed by atoms with Crippen molar-refractivity contribution in [2.75, 3.05) is 44.4 Å². The van der Waals surface area contributed by atoms with Crippen LogP contribution in [0.15, 0.2) is 42.5 Å². The predicted octanol–water partition coefficient (Wildman–Crippen LogP) is 7.42. The van der Waals surface area contributed by atoms with Crippen LogP contribution in [0.3, 0.4) is 0 Å². The quantitative estimate of drug-likeness (QED) is 0.225. The fourth-order valence-electron chi connectivity index (χ4n) is 6.80. The largest absolute Gasteiger partial charge is 0.493 e. The van der Waals surface area contributed by atoms with Crippen LogP contribution in [0.2, 0.25) is 0 Å². The van der Waals surface area contributed by atoms with Crippen LogP contribution in [0.1, 0.15) is 86.2 Å². The zero-order valence-corrected chi connectivity index (χ0v) is 27.2. The highest BCUT2D eigenvalue weighted by Gasteiger charge is 2.54. The number of alkyl halides is 4. The van der Waals surface area contributed by atoms with Gasteiger partial charge in [0.1, 0.15) is 5.75 Å². The van der Waals surface area contributed by atoms with Crippen LogP contribution in [0.25, 0.3) is 0 Å². The van der Waals surface area contributed by atoms with E-state index in [1.807, 2.05) is 43.3 Å². The number of anilines is 1. The second-order valence-electron chi connectivity index (χ2n) is 13.5. The molecule has 2 aliphatic heterocycles. The van der Waals surface area contributed by atoms with E-state index in [0.29, 0.717) is 64.3 Å². The molecule has 2 aromatic rings. The molecule has 3 aliphatic rings. The summed E-state index contributed by atoms with van der Waals surface area (Å²) in [5.74, 6) is -0.0304. The Labute approximate surface area is 274 Å². The Balaban J connectivity index is 1.27. The highest BCUT2D eigenvalue weighted by Crippen LogP contribution is 2.45. The van der Waals surface area contributed by atoms with Gasteiger partial charge in [0.15, 0.2) is 0 Å². The number of hydrogen-bond acceptors (Lipinski definition) is 5. The number of benzene rings is 2. The molecule has 3 fully saturated rings. The van der Waals surface area contributed by atoms with Gasteiger partial charge in [-0.15, -0.1) is 0 Å². The van der Waals surface area contributed by atoms with Gasteiger partial charge < -0.3 is 24.4 Å². The van der Waals surface area contributed by atoms with Crippen molar-refractivity contribution in [1.29, 1.82) is 0 Å². The highest BCUT2D eigenvalue weighted by molar-refractivity contribution is 6.00. The smallest absolute Gasteiger partial charge is 0.423 e. The number of carboxylic acid groups (broad SMARTS) is 1. The monoisotopic (exact) mass is 662 g/mol. The van der Waals surface area contributed by atoms with Crippen molar-refractivity contribution in [1.82, 2.24) is 4.90 Å². The third-order valence-corrected chi connectivity index (χ3v) is 9.96. The topological polar surface area (TPSA) is 79.3 Å². The van der Waals surface area contributed by atoms with Crippen molar-refractivity contribution in [3.8, 4) is 5.75 Å². The summed E-state index contributed by atoms with van der Waals surface area (Å²) < 4.78 is 67.6. The minimum Gasteiger partial charge on any atom is -0.493 e. The van der Waals surface area contributed by atoms with E-state index in [1.54, 1.807) is 6.07 Å². The Morgan fingerprint density at radius 2 is 1.72 bits per heavy atom. The number of carbonyl (C=O) groups excluding carboxylic acids is 1. The molecule has 5 rings (SSSR count). The third-order valence-electron chi connectivity index (χ3n) is 9.96. The van der Waals surface area contributed by atoms with Gasteiger partial charge in [-0.25, -0.2) is 4.39 Å². The van der Waals surface area contributed by atoms with Crippen LogP contribution in [0.5, 0.6) is 5.75 Å². The Morgan fingerprint density at radius 3 is 2.34 bits per heavy atom. The number of aryl methyl sites for hydroxylation is 1. The average molecular weight is 663 g/mol. The lowest BCUT2D eigenvalue weighted by molar-refractivity contribution is -0.228. The maximum atomic E-state index is 15.0. The normalized spacial score (nSPS) is 20.0. The molecule has 2 atom stereocenters. The summed E-state index contributed by atoms with van der Waals surface area (Å²) in [7, 11) is 0. The average Bonchev–Trinajstić information content (AvgIpc) is 3.90. The zero-order chi connectivity index (χ0) is 33.8. The first-order valence-electron chi connectivity index (χ1n) is 16.8. The molecule has 7 nitrogen and oxygen atoms in total. The molecular formula is C36H46F4N2O5. The number of ether oxygens (including phenoxy) is 2. The Kier molecular flexibility index (Phi) is 11.0. The standard InChI is InChI=1S/C36H46F4N2O5/c1-3-24-7-10-30(34(45)42(28-13-17-46-18-14-28)23-35(2,37)36(38,39)40)32(19-24)41-15-11-25(12-16-41)22-47-29-6-4-5-27(20-29)31(21-33(43)44)26-8-9-26/h4-7,10,19-20,25-26,28,31H,3,8-9,11-18,21-23H2,1-2H3,(H,43,44). The molecule has 0 spiro atoms. The minimum atomic E-state index is -5.12. The van der Waals surface area contributed by atoms with E-state index in [-0.39, 0.29) is 23.8 Å². The molecule has 1 aliphatic carbocycles. The van der Waals surface area contributed by atoms with Crippen LogP contribution in [0.4, 0.5) is 23.2 Å². The fraction of sp³-hybridized carbons (Fsp3) is 0.611. The molecule has 47 heavy (non-hydrogen) atoms. The molecule has 2 aromatic carbocycles. The van der Waals surface area contributed by atoms with E-state index in [9.17, 15) is 27.9 Å². The van der Waals surface area contributed by atoms with Crippen molar-refractivity contribution >= 4 is 17.6 Å². The molecule has 0 aromatic heterocycles. The number of piperidine rings is 1. The summed E-state index contributed by atoms with van der Waals surface area (Å²) in [4.78, 5) is 28.7. The molecule has 2 heterocycles. The van der Waals surface area contributed by atoms with Gasteiger partial charge in [-0.05, 0) is 105 Å². The van der Waals surface area contributed by atoms with E-state index in [0.717, 1.165) is 53.9 Å². The van der Waals surface area contributed by atoms with E-state index >= 15 is 4.39 Å². The van der Waals surface area contributed by atoms with Crippen LogP contribution in [-0.2, 0) is 16.0 Å². The Hall–Kier alpha value is -3.34. The summed E-state index contributed by atoms with van der Waals surface area (Å²) >= 11 is 0. The van der Waals surface area contributed by atoms with Crippen LogP contribution in [0, 0.1) is 11.8 Å². The van der Waals surface area contributed by atoms with Crippen LogP contribution in [-0.4, -0.2) is 79.2 Å². The number of aliphatic carboxylic acids is 1. The van der Waals surface area contributed by atoms with E-state index in [1.165, 1.54) is 0 Å². The summed E-state index contributed by atoms with van der Waals surface area (Å²) in [5.41, 5.74) is -0.622. The van der Waals surface area contributed by atoms with Crippen molar-refractivity contribution in [3.05, 3.63) is 59.2 Å². The molecule has 1 saturated carbocycles. The molecule has 0 bridgehead atoms. The number of carbonyl (C=O) groups is 2. The molecule has 1 N–H and O–H groups in total. The van der Waals surface area contributed by atoms with Gasteiger partial charge in [-0.3, -0.25) is 9.59 Å². The third kappa shape index (κ3) is 8.77. The first-order chi connectivity index (χ1) is 22.4. The number of nitrogens with zero attached hydrogens (tertiary/aromatic N) is 2. The van der Waals surface area contributed by atoms with Crippen molar-refractivity contribution in [3.63, 3.8) is 0 Å². The summed E-state index contributed by atoms with van der Waals surface area (Å²) in [6.45, 7) is 3.78. The summed E-state index contributed by atoms with van der Waals surface area (Å²) in [6.07, 6.45) is 0.0700. The second kappa shape index (κ2) is 14.8. The lowest BCUT2D eigenvalue weighted by atomic mass is 9.91. The van der Waals surface area contributed by atoms with E-state index < -0.39 is 36.3 Å². The van der Waals surface area contributed by atoms with Gasteiger partial charge >= 0.3 is 12.1 Å². The fourth-order valence-corrected chi connectivity index (χ4v) is 6.80. The number of hydrogen-bond donors (Lipinski definition) is 1. The molecule has 0 radical (unpaired) electrons. The summed E-state index contributed by atoms with van der Waals surface area (Å²) in [6, 6.07) is 12.6. The van der Waals surface area contributed by atoms with Gasteiger partial charge in [0.25, 0.3) is 5.91 Å². The molecule has 11 heteroatoms. The maximum Gasteiger partial charge on any atom is 0.423 e. The zero-order valence-electron chi connectivity index (χ0n) is 27.2. The van der Waals surface area contributed by atoms with Crippen molar-refractivity contribution in [2.24, 2.45) is 11.8 Å². The first-order valence-corrected chi connectivity index (χ1v) is 16.8. The molecular weight excluding hydrogens is 616 g/mol. The minimum absolute atomic E-state index is 0.00966. The van der Waals surface area contributed by atoms with Crippen molar-refractivity contribution in [2.45, 2.75) is 89.0 Å². The number of rotatable bonds is 13. The first kappa shape index (κ1) is 35.0. The molecule has 2 unspecified atom stereocenters. The van der Waals surface area contributed by atoms with E-state index in [2.05, 4.69) is 4.90 Å². The molecule has 258 valence electrons. The summed E-state index contributed by atoms with van der Waals surface area (Å²) in [5, 5.41) is 9.39. The second-order valence-corrected chi connectivity index (χ2v) is 13.5. The van der Waals surface area contributed by atoms with Crippen LogP contribution < -0.4 is 9.64 Å². The van der Waals surface area contributed by atoms with Gasteiger partial charge in [0, 0.05) is 38.0 Å². The number of amides is 1. The lowest BCUT2D eigenvalue weighted by Gasteiger charge is -2.40. The SMILES string of the molecule is CCc1ccc(C(=O)N(CC(C)(F)C(F)(F)F)C2CCOCC2)c(N2CCC(COc3cccc(C(CC(=O)O)C4CC4)c3)CC2)c1. The highest BCUT2D eigenvalue weighted by atomic mass is 19.4. The Bertz CT molecular complexity index is 1380. The van der Waals surface area contributed by atoms with Gasteiger partial charge in [-0.1, -0.05) is 25.1 Å². The van der Waals surface area contributed by atoms with Crippen LogP contribution >= 0.6 is 0 Å². The molecule has 2 saturated heterocycles.